The molecule has 0 fully saturated rings. The maximum absolute atomic E-state index is 12.6. The maximum Gasteiger partial charge on any atom is 0.387 e. The molecule has 0 saturated heterocycles. The highest BCUT2D eigenvalue weighted by Crippen LogP contribution is 2.45. The van der Waals surface area contributed by atoms with Crippen LogP contribution in [0.5, 0.6) is 5.75 Å². The van der Waals surface area contributed by atoms with Gasteiger partial charge in [0.25, 0.3) is 0 Å². The lowest BCUT2D eigenvalue weighted by atomic mass is 9.97. The lowest BCUT2D eigenvalue weighted by Crippen LogP contribution is -2.09. The van der Waals surface area contributed by atoms with Crippen molar-refractivity contribution in [3.05, 3.63) is 22.3 Å². The van der Waals surface area contributed by atoms with Gasteiger partial charge in [0.1, 0.15) is 5.75 Å². The first-order valence-electron chi connectivity index (χ1n) is 6.54. The molecule has 0 bridgehead atoms. The molecule has 0 aromatic heterocycles. The summed E-state index contributed by atoms with van der Waals surface area (Å²) in [5.74, 6) is 0.490. The molecule has 98 valence electrons. The molecule has 0 radical (unpaired) electrons. The fourth-order valence-corrected chi connectivity index (χ4v) is 3.44. The number of fused-ring (bicyclic) bond motifs is 2. The van der Waals surface area contributed by atoms with Gasteiger partial charge in [-0.3, -0.25) is 0 Å². The van der Waals surface area contributed by atoms with E-state index in [9.17, 15) is 8.78 Å². The zero-order chi connectivity index (χ0) is 12.7. The Morgan fingerprint density at radius 3 is 1.89 bits per heavy atom. The van der Waals surface area contributed by atoms with Crippen LogP contribution in [0.1, 0.15) is 35.1 Å². The largest absolute Gasteiger partial charge is 0.434 e. The monoisotopic (exact) mass is 253 g/mol. The van der Waals surface area contributed by atoms with E-state index in [0.717, 1.165) is 49.7 Å². The Kier molecular flexibility index (Phi) is 2.88. The summed E-state index contributed by atoms with van der Waals surface area (Å²) in [6.45, 7) is -2.72. The third-order valence-corrected chi connectivity index (χ3v) is 4.04. The number of benzene rings is 1. The number of hydrogen-bond acceptors (Lipinski definition) is 2. The number of alkyl halides is 2. The quantitative estimate of drug-likeness (QED) is 0.892. The van der Waals surface area contributed by atoms with Crippen molar-refractivity contribution in [3.63, 3.8) is 0 Å². The number of hydrogen-bond donors (Lipinski definition) is 1. The van der Waals surface area contributed by atoms with Gasteiger partial charge in [-0.05, 0) is 60.8 Å². The van der Waals surface area contributed by atoms with Gasteiger partial charge in [0.15, 0.2) is 0 Å². The predicted molar refractivity (Wildman–Crippen MR) is 66.7 cm³/mol. The highest BCUT2D eigenvalue weighted by Gasteiger charge is 2.30. The molecular formula is C14H17F2NO. The molecule has 4 heteroatoms. The first-order valence-corrected chi connectivity index (χ1v) is 6.54. The Bertz CT molecular complexity index is 450. The molecule has 2 aliphatic rings. The molecule has 3 rings (SSSR count). The topological polar surface area (TPSA) is 21.3 Å². The Labute approximate surface area is 105 Å². The van der Waals surface area contributed by atoms with Crippen molar-refractivity contribution in [3.8, 4) is 5.75 Å². The van der Waals surface area contributed by atoms with E-state index in [2.05, 4.69) is 5.32 Å². The van der Waals surface area contributed by atoms with Crippen LogP contribution in [0.15, 0.2) is 0 Å². The zero-order valence-electron chi connectivity index (χ0n) is 10.5. The van der Waals surface area contributed by atoms with Crippen molar-refractivity contribution in [1.29, 1.82) is 0 Å². The van der Waals surface area contributed by atoms with E-state index in [1.165, 1.54) is 16.8 Å². The van der Waals surface area contributed by atoms with Crippen LogP contribution in [0.4, 0.5) is 14.5 Å². The van der Waals surface area contributed by atoms with Crippen LogP contribution in [-0.2, 0) is 25.7 Å². The minimum atomic E-state index is -2.72. The van der Waals surface area contributed by atoms with E-state index in [4.69, 9.17) is 4.74 Å². The molecule has 0 unspecified atom stereocenters. The van der Waals surface area contributed by atoms with E-state index in [-0.39, 0.29) is 0 Å². The van der Waals surface area contributed by atoms with E-state index in [0.29, 0.717) is 5.75 Å². The Morgan fingerprint density at radius 2 is 1.44 bits per heavy atom. The lowest BCUT2D eigenvalue weighted by Gasteiger charge is -2.19. The van der Waals surface area contributed by atoms with E-state index in [1.807, 2.05) is 7.05 Å². The summed E-state index contributed by atoms with van der Waals surface area (Å²) < 4.78 is 30.0. The molecule has 0 amide bonds. The smallest absolute Gasteiger partial charge is 0.387 e. The van der Waals surface area contributed by atoms with Crippen LogP contribution in [0.25, 0.3) is 0 Å². The average molecular weight is 253 g/mol. The van der Waals surface area contributed by atoms with Gasteiger partial charge in [0.05, 0.1) is 0 Å². The van der Waals surface area contributed by atoms with E-state index in [1.54, 1.807) is 0 Å². The molecule has 2 aliphatic carbocycles. The minimum Gasteiger partial charge on any atom is -0.434 e. The first-order chi connectivity index (χ1) is 8.72. The average Bonchev–Trinajstić information content (AvgIpc) is 2.96. The van der Waals surface area contributed by atoms with E-state index >= 15 is 0 Å². The fourth-order valence-electron chi connectivity index (χ4n) is 3.44. The van der Waals surface area contributed by atoms with Crippen molar-refractivity contribution in [1.82, 2.24) is 0 Å². The number of rotatable bonds is 3. The maximum atomic E-state index is 12.6. The van der Waals surface area contributed by atoms with Crippen molar-refractivity contribution in [2.45, 2.75) is 45.1 Å². The summed E-state index contributed by atoms with van der Waals surface area (Å²) in [7, 11) is 1.92. The molecule has 2 nitrogen and oxygen atoms in total. The van der Waals surface area contributed by atoms with Crippen LogP contribution >= 0.6 is 0 Å². The van der Waals surface area contributed by atoms with Gasteiger partial charge >= 0.3 is 6.61 Å². The summed E-state index contributed by atoms with van der Waals surface area (Å²) in [5, 5.41) is 3.27. The van der Waals surface area contributed by atoms with Gasteiger partial charge < -0.3 is 10.1 Å². The minimum absolute atomic E-state index is 0.490. The van der Waals surface area contributed by atoms with Crippen LogP contribution < -0.4 is 10.1 Å². The summed E-state index contributed by atoms with van der Waals surface area (Å²) in [6, 6.07) is 0. The molecule has 1 aromatic carbocycles. The second-order valence-corrected chi connectivity index (χ2v) is 4.95. The summed E-state index contributed by atoms with van der Waals surface area (Å²) in [4.78, 5) is 0. The molecule has 0 saturated carbocycles. The van der Waals surface area contributed by atoms with Gasteiger partial charge in [-0.2, -0.15) is 8.78 Å². The number of ether oxygens (including phenoxy) is 1. The Hall–Kier alpha value is -1.32. The summed E-state index contributed by atoms with van der Waals surface area (Å²) >= 11 is 0. The fraction of sp³-hybridized carbons (Fsp3) is 0.571. The van der Waals surface area contributed by atoms with Gasteiger partial charge in [0, 0.05) is 12.7 Å². The molecule has 0 atom stereocenters. The predicted octanol–water partition coefficient (Wildman–Crippen LogP) is 3.31. The number of anilines is 1. The van der Waals surface area contributed by atoms with Crippen molar-refractivity contribution < 1.29 is 13.5 Å². The molecule has 1 aromatic rings. The lowest BCUT2D eigenvalue weighted by molar-refractivity contribution is -0.0509. The van der Waals surface area contributed by atoms with Gasteiger partial charge in [0.2, 0.25) is 0 Å². The third-order valence-electron chi connectivity index (χ3n) is 4.04. The third kappa shape index (κ3) is 1.66. The second-order valence-electron chi connectivity index (χ2n) is 4.95. The Balaban J connectivity index is 2.20. The highest BCUT2D eigenvalue weighted by molar-refractivity contribution is 5.70. The van der Waals surface area contributed by atoms with Crippen molar-refractivity contribution in [2.24, 2.45) is 0 Å². The van der Waals surface area contributed by atoms with Crippen LogP contribution in [0, 0.1) is 0 Å². The van der Waals surface area contributed by atoms with Gasteiger partial charge in [-0.25, -0.2) is 0 Å². The van der Waals surface area contributed by atoms with Crippen LogP contribution in [0.3, 0.4) is 0 Å². The molecule has 18 heavy (non-hydrogen) atoms. The normalized spacial score (nSPS) is 16.9. The molecular weight excluding hydrogens is 236 g/mol. The Morgan fingerprint density at radius 1 is 0.944 bits per heavy atom. The first kappa shape index (κ1) is 11.8. The molecule has 1 N–H and O–H groups in total. The number of nitrogens with one attached hydrogen (secondary N) is 1. The van der Waals surface area contributed by atoms with Gasteiger partial charge in [-0.1, -0.05) is 0 Å². The zero-order valence-corrected chi connectivity index (χ0v) is 10.5. The molecule has 0 heterocycles. The van der Waals surface area contributed by atoms with Crippen molar-refractivity contribution in [2.75, 3.05) is 12.4 Å². The molecule has 0 aliphatic heterocycles. The summed E-state index contributed by atoms with van der Waals surface area (Å²) in [6.07, 6.45) is 5.73. The van der Waals surface area contributed by atoms with Gasteiger partial charge in [-0.15, -0.1) is 0 Å². The highest BCUT2D eigenvalue weighted by atomic mass is 19.3. The summed E-state index contributed by atoms with van der Waals surface area (Å²) in [5.41, 5.74) is 5.61. The molecule has 0 spiro atoms. The second kappa shape index (κ2) is 4.41. The number of halogens is 2. The van der Waals surface area contributed by atoms with Crippen molar-refractivity contribution >= 4 is 5.69 Å². The SMILES string of the molecule is CNc1c2c(c(OC(F)F)c3c1CCC3)CCC2. The standard InChI is InChI=1S/C14H17F2NO/c1-17-12-8-4-2-6-10(8)13(18-14(15)16)11-7-3-5-9(11)12/h14,17H,2-7H2,1H3. The van der Waals surface area contributed by atoms with Crippen LogP contribution in [0.2, 0.25) is 0 Å². The van der Waals surface area contributed by atoms with Crippen LogP contribution in [-0.4, -0.2) is 13.7 Å². The van der Waals surface area contributed by atoms with E-state index < -0.39 is 6.61 Å².